The van der Waals surface area contributed by atoms with Gasteiger partial charge in [-0.1, -0.05) is 17.7 Å². The number of anilines is 1. The third kappa shape index (κ3) is 2.50. The maximum absolute atomic E-state index is 11.8. The van der Waals surface area contributed by atoms with Crippen LogP contribution in [-0.2, 0) is 16.1 Å². The maximum atomic E-state index is 11.8. The summed E-state index contributed by atoms with van der Waals surface area (Å²) >= 11 is 0. The molecule has 0 aliphatic heterocycles. The highest BCUT2D eigenvalue weighted by atomic mass is 16.5. The molecule has 6 nitrogen and oxygen atoms in total. The van der Waals surface area contributed by atoms with Crippen LogP contribution in [0.3, 0.4) is 0 Å². The second kappa shape index (κ2) is 5.75. The number of ether oxygens (including phenoxy) is 2. The van der Waals surface area contributed by atoms with Gasteiger partial charge >= 0.3 is 5.97 Å². The molecule has 0 amide bonds. The van der Waals surface area contributed by atoms with Crippen molar-refractivity contribution in [2.24, 2.45) is 0 Å². The third-order valence-electron chi connectivity index (χ3n) is 2.97. The van der Waals surface area contributed by atoms with E-state index in [0.29, 0.717) is 11.4 Å². The second-order valence-corrected chi connectivity index (χ2v) is 4.38. The van der Waals surface area contributed by atoms with Gasteiger partial charge in [0.1, 0.15) is 5.82 Å². The summed E-state index contributed by atoms with van der Waals surface area (Å²) in [5.41, 5.74) is 8.67. The number of carbonyl (C=O) groups excluding carboxylic acids is 1. The first-order valence-corrected chi connectivity index (χ1v) is 6.10. The first kappa shape index (κ1) is 14.1. The summed E-state index contributed by atoms with van der Waals surface area (Å²) < 4.78 is 11.3. The molecule has 0 atom stereocenters. The lowest BCUT2D eigenvalue weighted by molar-refractivity contribution is 0.0588. The molecule has 106 valence electrons. The van der Waals surface area contributed by atoms with E-state index in [0.717, 1.165) is 11.3 Å². The summed E-state index contributed by atoms with van der Waals surface area (Å²) in [7, 11) is 2.84. The largest absolute Gasteiger partial charge is 0.464 e. The van der Waals surface area contributed by atoms with Crippen LogP contribution < -0.4 is 5.73 Å². The Labute approximate surface area is 117 Å². The summed E-state index contributed by atoms with van der Waals surface area (Å²) in [5.74, 6) is -0.161. The average Bonchev–Trinajstić information content (AvgIpc) is 2.77. The van der Waals surface area contributed by atoms with Crippen molar-refractivity contribution >= 4 is 11.8 Å². The summed E-state index contributed by atoms with van der Waals surface area (Å²) in [5, 5.41) is 4.24. The van der Waals surface area contributed by atoms with Gasteiger partial charge in [0.2, 0.25) is 0 Å². The van der Waals surface area contributed by atoms with E-state index in [1.54, 1.807) is 0 Å². The first-order chi connectivity index (χ1) is 9.58. The molecule has 0 spiro atoms. The Hall–Kier alpha value is -2.34. The number of nitrogens with two attached hydrogens (primary N) is 1. The fourth-order valence-electron chi connectivity index (χ4n) is 1.89. The average molecular weight is 275 g/mol. The van der Waals surface area contributed by atoms with Crippen LogP contribution in [0.25, 0.3) is 5.69 Å². The molecule has 2 aromatic rings. The molecule has 1 aromatic heterocycles. The Balaban J connectivity index is 2.54. The van der Waals surface area contributed by atoms with E-state index in [-0.39, 0.29) is 12.3 Å². The fourth-order valence-corrected chi connectivity index (χ4v) is 1.89. The molecule has 20 heavy (non-hydrogen) atoms. The first-order valence-electron chi connectivity index (χ1n) is 6.10. The van der Waals surface area contributed by atoms with Gasteiger partial charge in [-0.3, -0.25) is 0 Å². The molecule has 6 heteroatoms. The number of rotatable bonds is 4. The maximum Gasteiger partial charge on any atom is 0.359 e. The van der Waals surface area contributed by atoms with Gasteiger partial charge in [0.05, 0.1) is 25.0 Å². The molecule has 0 saturated carbocycles. The highest BCUT2D eigenvalue weighted by molar-refractivity contribution is 5.90. The summed E-state index contributed by atoms with van der Waals surface area (Å²) in [4.78, 5) is 11.8. The topological polar surface area (TPSA) is 79.4 Å². The van der Waals surface area contributed by atoms with Crippen molar-refractivity contribution in [3.63, 3.8) is 0 Å². The fraction of sp³-hybridized carbons (Fsp3) is 0.286. The molecule has 0 bridgehead atoms. The van der Waals surface area contributed by atoms with Crippen molar-refractivity contribution in [3.8, 4) is 5.69 Å². The zero-order chi connectivity index (χ0) is 14.7. The number of hydrogen-bond donors (Lipinski definition) is 1. The lowest BCUT2D eigenvalue weighted by atomic mass is 10.2. The van der Waals surface area contributed by atoms with Crippen LogP contribution in [0.4, 0.5) is 5.82 Å². The Morgan fingerprint density at radius 1 is 1.30 bits per heavy atom. The minimum atomic E-state index is -0.533. The predicted octanol–water partition coefficient (Wildman–Crippen LogP) is 1.70. The van der Waals surface area contributed by atoms with Gasteiger partial charge < -0.3 is 15.2 Å². The predicted molar refractivity (Wildman–Crippen MR) is 74.8 cm³/mol. The molecule has 1 heterocycles. The van der Waals surface area contributed by atoms with Gasteiger partial charge in [0, 0.05) is 7.11 Å². The molecule has 0 saturated heterocycles. The van der Waals surface area contributed by atoms with Gasteiger partial charge in [0.25, 0.3) is 0 Å². The molecule has 0 radical (unpaired) electrons. The van der Waals surface area contributed by atoms with Crippen molar-refractivity contribution in [3.05, 3.63) is 41.1 Å². The van der Waals surface area contributed by atoms with Crippen molar-refractivity contribution in [1.82, 2.24) is 9.78 Å². The Morgan fingerprint density at radius 2 is 1.95 bits per heavy atom. The van der Waals surface area contributed by atoms with Crippen LogP contribution in [0, 0.1) is 6.92 Å². The molecule has 0 aliphatic carbocycles. The summed E-state index contributed by atoms with van der Waals surface area (Å²) in [6.07, 6.45) is 0. The van der Waals surface area contributed by atoms with Gasteiger partial charge in [-0.15, -0.1) is 0 Å². The number of benzene rings is 1. The van der Waals surface area contributed by atoms with E-state index in [4.69, 9.17) is 15.2 Å². The van der Waals surface area contributed by atoms with Crippen LogP contribution in [0.2, 0.25) is 0 Å². The Bertz CT molecular complexity index is 617. The zero-order valence-electron chi connectivity index (χ0n) is 11.7. The lowest BCUT2D eigenvalue weighted by Gasteiger charge is -2.05. The van der Waals surface area contributed by atoms with Crippen LogP contribution >= 0.6 is 0 Å². The van der Waals surface area contributed by atoms with E-state index in [9.17, 15) is 4.79 Å². The highest BCUT2D eigenvalue weighted by Crippen LogP contribution is 2.22. The van der Waals surface area contributed by atoms with E-state index < -0.39 is 5.97 Å². The number of aryl methyl sites for hydroxylation is 1. The van der Waals surface area contributed by atoms with Gasteiger partial charge in [-0.2, -0.15) is 5.10 Å². The summed E-state index contributed by atoms with van der Waals surface area (Å²) in [6.45, 7) is 2.19. The van der Waals surface area contributed by atoms with Crippen molar-refractivity contribution < 1.29 is 14.3 Å². The number of nitrogen functional groups attached to an aromatic ring is 1. The Kier molecular flexibility index (Phi) is 4.05. The SMILES string of the molecule is COCc1c(C(=O)OC)nn(-c2ccc(C)cc2)c1N. The molecule has 2 N–H and O–H groups in total. The highest BCUT2D eigenvalue weighted by Gasteiger charge is 2.22. The van der Waals surface area contributed by atoms with Crippen molar-refractivity contribution in [2.45, 2.75) is 13.5 Å². The minimum Gasteiger partial charge on any atom is -0.464 e. The Morgan fingerprint density at radius 3 is 2.50 bits per heavy atom. The van der Waals surface area contributed by atoms with Gasteiger partial charge in [0.15, 0.2) is 5.69 Å². The van der Waals surface area contributed by atoms with E-state index >= 15 is 0 Å². The van der Waals surface area contributed by atoms with Crippen LogP contribution in [0.5, 0.6) is 0 Å². The molecular formula is C14H17N3O3. The van der Waals surface area contributed by atoms with Gasteiger partial charge in [-0.25, -0.2) is 9.48 Å². The molecular weight excluding hydrogens is 258 g/mol. The van der Waals surface area contributed by atoms with Gasteiger partial charge in [-0.05, 0) is 19.1 Å². The van der Waals surface area contributed by atoms with E-state index in [1.807, 2.05) is 31.2 Å². The quantitative estimate of drug-likeness (QED) is 0.859. The molecule has 0 aliphatic rings. The minimum absolute atomic E-state index is 0.174. The number of esters is 1. The molecule has 0 unspecified atom stereocenters. The number of hydrogen-bond acceptors (Lipinski definition) is 5. The second-order valence-electron chi connectivity index (χ2n) is 4.38. The standard InChI is InChI=1S/C14H17N3O3/c1-9-4-6-10(7-5-9)17-13(15)11(8-19-2)12(16-17)14(18)20-3/h4-7H,8,15H2,1-3H3. The van der Waals surface area contributed by atoms with E-state index in [2.05, 4.69) is 5.10 Å². The van der Waals surface area contributed by atoms with Crippen LogP contribution in [-0.4, -0.2) is 30.0 Å². The third-order valence-corrected chi connectivity index (χ3v) is 2.97. The monoisotopic (exact) mass is 275 g/mol. The molecule has 2 rings (SSSR count). The number of nitrogens with zero attached hydrogens (tertiary/aromatic N) is 2. The number of methoxy groups -OCH3 is 2. The van der Waals surface area contributed by atoms with E-state index in [1.165, 1.54) is 18.9 Å². The van der Waals surface area contributed by atoms with Crippen LogP contribution in [0.15, 0.2) is 24.3 Å². The zero-order valence-corrected chi connectivity index (χ0v) is 11.7. The van der Waals surface area contributed by atoms with Crippen molar-refractivity contribution in [2.75, 3.05) is 20.0 Å². The van der Waals surface area contributed by atoms with Crippen molar-refractivity contribution in [1.29, 1.82) is 0 Å². The smallest absolute Gasteiger partial charge is 0.359 e. The summed E-state index contributed by atoms with van der Waals surface area (Å²) in [6, 6.07) is 7.67. The number of carbonyl (C=O) groups is 1. The molecule has 0 fully saturated rings. The van der Waals surface area contributed by atoms with Crippen LogP contribution in [0.1, 0.15) is 21.6 Å². The number of aromatic nitrogens is 2. The lowest BCUT2D eigenvalue weighted by Crippen LogP contribution is -2.06. The molecule has 1 aromatic carbocycles. The normalized spacial score (nSPS) is 10.6.